The molecule has 0 atom stereocenters. The first-order valence-corrected chi connectivity index (χ1v) is 5.43. The van der Waals surface area contributed by atoms with E-state index >= 15 is 0 Å². The molecule has 0 aliphatic rings. The highest BCUT2D eigenvalue weighted by atomic mass is 19.1. The predicted molar refractivity (Wildman–Crippen MR) is 62.4 cm³/mol. The molecule has 0 heterocycles. The van der Waals surface area contributed by atoms with E-state index in [-0.39, 0.29) is 5.82 Å². The third-order valence-electron chi connectivity index (χ3n) is 2.15. The molecular formula is C13H18FN. The molecule has 82 valence electrons. The van der Waals surface area contributed by atoms with E-state index in [4.69, 9.17) is 0 Å². The first-order valence-electron chi connectivity index (χ1n) is 5.43. The Balaban J connectivity index is 2.24. The molecule has 0 aliphatic carbocycles. The quantitative estimate of drug-likeness (QED) is 0.558. The fourth-order valence-electron chi connectivity index (χ4n) is 1.36. The van der Waals surface area contributed by atoms with Crippen LogP contribution in [0.3, 0.4) is 0 Å². The lowest BCUT2D eigenvalue weighted by molar-refractivity contribution is 0.626. The topological polar surface area (TPSA) is 12.0 Å². The Morgan fingerprint density at radius 3 is 2.93 bits per heavy atom. The van der Waals surface area contributed by atoms with Gasteiger partial charge in [-0.15, -0.1) is 0 Å². The molecule has 1 N–H and O–H groups in total. The Labute approximate surface area is 91.0 Å². The summed E-state index contributed by atoms with van der Waals surface area (Å²) in [5, 5.41) is 3.24. The molecule has 0 bridgehead atoms. The summed E-state index contributed by atoms with van der Waals surface area (Å²) in [6.07, 6.45) is 6.06. The lowest BCUT2D eigenvalue weighted by atomic mass is 10.1. The second-order valence-electron chi connectivity index (χ2n) is 3.45. The van der Waals surface area contributed by atoms with Gasteiger partial charge in [0.25, 0.3) is 0 Å². The highest BCUT2D eigenvalue weighted by Crippen LogP contribution is 2.04. The van der Waals surface area contributed by atoms with E-state index in [1.807, 2.05) is 6.07 Å². The Hall–Kier alpha value is -1.15. The largest absolute Gasteiger partial charge is 0.317 e. The molecule has 1 nitrogen and oxygen atoms in total. The van der Waals surface area contributed by atoms with Gasteiger partial charge in [0.1, 0.15) is 5.82 Å². The van der Waals surface area contributed by atoms with Crippen molar-refractivity contribution in [2.45, 2.75) is 19.8 Å². The van der Waals surface area contributed by atoms with Gasteiger partial charge >= 0.3 is 0 Å². The Kier molecular flexibility index (Phi) is 5.71. The van der Waals surface area contributed by atoms with E-state index in [0.717, 1.165) is 31.5 Å². The summed E-state index contributed by atoms with van der Waals surface area (Å²) < 4.78 is 12.8. The summed E-state index contributed by atoms with van der Waals surface area (Å²) in [4.78, 5) is 0. The van der Waals surface area contributed by atoms with Crippen LogP contribution in [0.1, 0.15) is 18.9 Å². The summed E-state index contributed by atoms with van der Waals surface area (Å²) in [7, 11) is 0. The summed E-state index contributed by atoms with van der Waals surface area (Å²) in [6, 6.07) is 6.74. The number of halogens is 1. The number of hydrogen-bond donors (Lipinski definition) is 1. The molecule has 0 spiro atoms. The van der Waals surface area contributed by atoms with Crippen molar-refractivity contribution in [3.8, 4) is 0 Å². The second kappa shape index (κ2) is 7.18. The fourth-order valence-corrected chi connectivity index (χ4v) is 1.36. The number of hydrogen-bond acceptors (Lipinski definition) is 1. The molecule has 0 saturated carbocycles. The van der Waals surface area contributed by atoms with Crippen LogP contribution in [0.4, 0.5) is 4.39 Å². The molecule has 0 radical (unpaired) electrons. The van der Waals surface area contributed by atoms with E-state index in [1.165, 1.54) is 6.07 Å². The van der Waals surface area contributed by atoms with Crippen molar-refractivity contribution in [1.82, 2.24) is 5.32 Å². The Morgan fingerprint density at radius 1 is 1.33 bits per heavy atom. The van der Waals surface area contributed by atoms with Crippen LogP contribution in [0.5, 0.6) is 0 Å². The normalized spacial score (nSPS) is 11.1. The minimum Gasteiger partial charge on any atom is -0.317 e. The van der Waals surface area contributed by atoms with Crippen molar-refractivity contribution < 1.29 is 4.39 Å². The number of allylic oxidation sites excluding steroid dienone is 1. The van der Waals surface area contributed by atoms with Crippen molar-refractivity contribution in [2.24, 2.45) is 0 Å². The summed E-state index contributed by atoms with van der Waals surface area (Å²) in [5.41, 5.74) is 1.02. The maximum absolute atomic E-state index is 12.8. The maximum Gasteiger partial charge on any atom is 0.123 e. The number of rotatable bonds is 6. The van der Waals surface area contributed by atoms with Crippen LogP contribution in [-0.4, -0.2) is 13.1 Å². The highest BCUT2D eigenvalue weighted by molar-refractivity contribution is 5.18. The monoisotopic (exact) mass is 207 g/mol. The van der Waals surface area contributed by atoms with Crippen LogP contribution < -0.4 is 5.32 Å². The van der Waals surface area contributed by atoms with Crippen molar-refractivity contribution in [3.63, 3.8) is 0 Å². The fraction of sp³-hybridized carbons (Fsp3) is 0.385. The highest BCUT2D eigenvalue weighted by Gasteiger charge is 1.91. The molecule has 15 heavy (non-hydrogen) atoms. The van der Waals surface area contributed by atoms with E-state index in [2.05, 4.69) is 24.4 Å². The molecule has 0 saturated heterocycles. The van der Waals surface area contributed by atoms with Gasteiger partial charge in [-0.25, -0.2) is 4.39 Å². The van der Waals surface area contributed by atoms with Crippen molar-refractivity contribution in [3.05, 3.63) is 47.8 Å². The van der Waals surface area contributed by atoms with Crippen molar-refractivity contribution in [2.75, 3.05) is 13.1 Å². The number of benzene rings is 1. The van der Waals surface area contributed by atoms with Crippen LogP contribution in [0.2, 0.25) is 0 Å². The minimum absolute atomic E-state index is 0.159. The summed E-state index contributed by atoms with van der Waals surface area (Å²) in [6.45, 7) is 4.12. The van der Waals surface area contributed by atoms with Gasteiger partial charge in [0, 0.05) is 0 Å². The molecule has 1 rings (SSSR count). The first-order chi connectivity index (χ1) is 7.33. The molecule has 0 aromatic heterocycles. The van der Waals surface area contributed by atoms with Crippen LogP contribution in [0.25, 0.3) is 0 Å². The van der Waals surface area contributed by atoms with Crippen LogP contribution in [0, 0.1) is 5.82 Å². The number of nitrogens with one attached hydrogen (secondary N) is 1. The standard InChI is InChI=1S/C13H18FN/c1-2-15-10-5-3-4-7-12-8-6-9-13(14)11-12/h3-4,6,8-9,11,15H,2,5,7,10H2,1H3. The lowest BCUT2D eigenvalue weighted by Crippen LogP contribution is -2.12. The average Bonchev–Trinajstić information content (AvgIpc) is 2.23. The minimum atomic E-state index is -0.159. The molecule has 2 heteroatoms. The molecule has 0 unspecified atom stereocenters. The van der Waals surface area contributed by atoms with Gasteiger partial charge in [-0.3, -0.25) is 0 Å². The van der Waals surface area contributed by atoms with E-state index < -0.39 is 0 Å². The molecule has 0 amide bonds. The van der Waals surface area contributed by atoms with Gasteiger partial charge in [0.05, 0.1) is 0 Å². The van der Waals surface area contributed by atoms with Gasteiger partial charge in [0.2, 0.25) is 0 Å². The average molecular weight is 207 g/mol. The zero-order valence-corrected chi connectivity index (χ0v) is 9.17. The Morgan fingerprint density at radius 2 is 2.20 bits per heavy atom. The van der Waals surface area contributed by atoms with Gasteiger partial charge in [-0.1, -0.05) is 31.2 Å². The van der Waals surface area contributed by atoms with Crippen LogP contribution in [-0.2, 0) is 6.42 Å². The Bertz CT molecular complexity index is 307. The van der Waals surface area contributed by atoms with Crippen molar-refractivity contribution >= 4 is 0 Å². The van der Waals surface area contributed by atoms with Gasteiger partial charge in [0.15, 0.2) is 0 Å². The van der Waals surface area contributed by atoms with Crippen molar-refractivity contribution in [1.29, 1.82) is 0 Å². The summed E-state index contributed by atoms with van der Waals surface area (Å²) in [5.74, 6) is -0.159. The molecule has 1 aromatic rings. The van der Waals surface area contributed by atoms with Gasteiger partial charge in [-0.05, 0) is 43.6 Å². The second-order valence-corrected chi connectivity index (χ2v) is 3.45. The third kappa shape index (κ3) is 5.33. The first kappa shape index (κ1) is 11.9. The van der Waals surface area contributed by atoms with Gasteiger partial charge < -0.3 is 5.32 Å². The maximum atomic E-state index is 12.8. The zero-order chi connectivity index (χ0) is 10.9. The third-order valence-corrected chi connectivity index (χ3v) is 2.15. The van der Waals surface area contributed by atoms with Crippen LogP contribution >= 0.6 is 0 Å². The molecule has 0 aliphatic heterocycles. The SMILES string of the molecule is CCNCCC=CCc1cccc(F)c1. The molecule has 0 fully saturated rings. The zero-order valence-electron chi connectivity index (χ0n) is 9.17. The smallest absolute Gasteiger partial charge is 0.123 e. The van der Waals surface area contributed by atoms with Gasteiger partial charge in [-0.2, -0.15) is 0 Å². The molecule has 1 aromatic carbocycles. The van der Waals surface area contributed by atoms with E-state index in [0.29, 0.717) is 0 Å². The lowest BCUT2D eigenvalue weighted by Gasteiger charge is -1.97. The molecular weight excluding hydrogens is 189 g/mol. The van der Waals surface area contributed by atoms with E-state index in [9.17, 15) is 4.39 Å². The predicted octanol–water partition coefficient (Wildman–Crippen LogP) is 2.92. The summed E-state index contributed by atoms with van der Waals surface area (Å²) >= 11 is 0. The van der Waals surface area contributed by atoms with Crippen LogP contribution in [0.15, 0.2) is 36.4 Å². The van der Waals surface area contributed by atoms with E-state index in [1.54, 1.807) is 12.1 Å².